The van der Waals surface area contributed by atoms with E-state index >= 15 is 0 Å². The monoisotopic (exact) mass is 395 g/mol. The predicted molar refractivity (Wildman–Crippen MR) is 114 cm³/mol. The number of carbonyl (C=O) groups excluding carboxylic acids is 1. The molecule has 0 aliphatic carbocycles. The Bertz CT molecular complexity index is 986. The number of hydrogen-bond acceptors (Lipinski definition) is 4. The van der Waals surface area contributed by atoms with Crippen LogP contribution in [-0.2, 0) is 6.54 Å². The third-order valence-electron chi connectivity index (χ3n) is 5.14. The van der Waals surface area contributed by atoms with E-state index in [1.807, 2.05) is 53.8 Å². The number of benzene rings is 1. The molecule has 6 nitrogen and oxygen atoms in total. The average molecular weight is 396 g/mol. The van der Waals surface area contributed by atoms with Gasteiger partial charge in [0.15, 0.2) is 5.65 Å². The third kappa shape index (κ3) is 3.71. The largest absolute Gasteiger partial charge is 0.324 e. The Hall–Kier alpha value is -2.54. The Labute approximate surface area is 169 Å². The molecule has 1 unspecified atom stereocenters. The smallest absolute Gasteiger partial charge is 0.321 e. The number of imidazole rings is 1. The summed E-state index contributed by atoms with van der Waals surface area (Å²) < 4.78 is 2.23. The summed E-state index contributed by atoms with van der Waals surface area (Å²) in [6, 6.07) is 11.8. The number of carbonyl (C=O) groups is 1. The second-order valence-corrected chi connectivity index (χ2v) is 7.94. The van der Waals surface area contributed by atoms with E-state index in [2.05, 4.69) is 21.8 Å². The third-order valence-corrected chi connectivity index (χ3v) is 5.87. The van der Waals surface area contributed by atoms with Crippen LogP contribution in [0.2, 0.25) is 0 Å². The zero-order chi connectivity index (χ0) is 19.5. The van der Waals surface area contributed by atoms with Gasteiger partial charge >= 0.3 is 6.03 Å². The molecule has 1 fully saturated rings. The fourth-order valence-corrected chi connectivity index (χ4v) is 4.25. The molecule has 1 saturated heterocycles. The molecule has 2 amide bonds. The van der Waals surface area contributed by atoms with Gasteiger partial charge in [0.25, 0.3) is 0 Å². The van der Waals surface area contributed by atoms with Gasteiger partial charge in [0.05, 0.1) is 0 Å². The first-order chi connectivity index (χ1) is 13.7. The van der Waals surface area contributed by atoms with Crippen LogP contribution in [0.1, 0.15) is 31.5 Å². The molecule has 1 aliphatic heterocycles. The standard InChI is InChI=1S/C21H25N5OS/c1-3-11-26-19(24-18-8-5-10-22-20(18)26)15-9-12-25(14-15)21(27)23-16-6-4-7-17(13-16)28-2/h4-8,10,13,15H,3,9,11-12,14H2,1-2H3,(H,23,27). The fraction of sp³-hybridized carbons (Fsp3) is 0.381. The number of urea groups is 1. The number of aryl methyl sites for hydroxylation is 1. The Morgan fingerprint density at radius 2 is 2.21 bits per heavy atom. The number of pyridine rings is 1. The number of hydrogen-bond donors (Lipinski definition) is 1. The van der Waals surface area contributed by atoms with Crippen molar-refractivity contribution in [3.63, 3.8) is 0 Å². The van der Waals surface area contributed by atoms with Crippen molar-refractivity contribution in [1.29, 1.82) is 0 Å². The predicted octanol–water partition coefficient (Wildman–Crippen LogP) is 4.58. The lowest BCUT2D eigenvalue weighted by molar-refractivity contribution is 0.222. The molecule has 0 bridgehead atoms. The van der Waals surface area contributed by atoms with Gasteiger partial charge in [-0.2, -0.15) is 0 Å². The van der Waals surface area contributed by atoms with Crippen LogP contribution in [0.25, 0.3) is 11.2 Å². The maximum absolute atomic E-state index is 12.7. The van der Waals surface area contributed by atoms with Crippen LogP contribution in [0.5, 0.6) is 0 Å². The zero-order valence-corrected chi connectivity index (χ0v) is 17.1. The van der Waals surface area contributed by atoms with Gasteiger partial charge in [0.1, 0.15) is 11.3 Å². The minimum atomic E-state index is -0.0444. The number of fused-ring (bicyclic) bond motifs is 1. The maximum Gasteiger partial charge on any atom is 0.321 e. The Morgan fingerprint density at radius 3 is 3.04 bits per heavy atom. The van der Waals surface area contributed by atoms with Gasteiger partial charge < -0.3 is 14.8 Å². The van der Waals surface area contributed by atoms with Gasteiger partial charge in [-0.1, -0.05) is 13.0 Å². The summed E-state index contributed by atoms with van der Waals surface area (Å²) in [4.78, 5) is 25.1. The van der Waals surface area contributed by atoms with Crippen molar-refractivity contribution in [3.05, 3.63) is 48.4 Å². The Balaban J connectivity index is 1.50. The topological polar surface area (TPSA) is 63.1 Å². The van der Waals surface area contributed by atoms with E-state index in [4.69, 9.17) is 4.98 Å². The SMILES string of the molecule is CCCn1c(C2CCN(C(=O)Nc3cccc(SC)c3)C2)nc2cccnc21. The highest BCUT2D eigenvalue weighted by atomic mass is 32.2. The Kier molecular flexibility index (Phi) is 5.52. The van der Waals surface area contributed by atoms with E-state index in [9.17, 15) is 4.79 Å². The highest BCUT2D eigenvalue weighted by Gasteiger charge is 2.31. The van der Waals surface area contributed by atoms with E-state index in [1.165, 1.54) is 0 Å². The van der Waals surface area contributed by atoms with Crippen LogP contribution in [0.15, 0.2) is 47.5 Å². The molecule has 1 atom stereocenters. The number of likely N-dealkylation sites (tertiary alicyclic amines) is 1. The van der Waals surface area contributed by atoms with Crippen molar-refractivity contribution in [3.8, 4) is 0 Å². The molecule has 0 saturated carbocycles. The molecule has 1 N–H and O–H groups in total. The summed E-state index contributed by atoms with van der Waals surface area (Å²) in [5.74, 6) is 1.29. The molecule has 7 heteroatoms. The van der Waals surface area contributed by atoms with Gasteiger partial charge in [0, 0.05) is 42.3 Å². The molecule has 3 aromatic rings. The van der Waals surface area contributed by atoms with Crippen molar-refractivity contribution in [2.75, 3.05) is 24.7 Å². The van der Waals surface area contributed by atoms with Crippen molar-refractivity contribution in [2.45, 2.75) is 37.1 Å². The minimum Gasteiger partial charge on any atom is -0.324 e. The maximum atomic E-state index is 12.7. The number of thioether (sulfide) groups is 1. The van der Waals surface area contributed by atoms with Crippen LogP contribution < -0.4 is 5.32 Å². The van der Waals surface area contributed by atoms with Gasteiger partial charge in [0.2, 0.25) is 0 Å². The van der Waals surface area contributed by atoms with Crippen molar-refractivity contribution < 1.29 is 4.79 Å². The lowest BCUT2D eigenvalue weighted by Crippen LogP contribution is -2.33. The zero-order valence-electron chi connectivity index (χ0n) is 16.3. The summed E-state index contributed by atoms with van der Waals surface area (Å²) in [6.45, 7) is 4.48. The van der Waals surface area contributed by atoms with E-state index in [0.29, 0.717) is 6.54 Å². The summed E-state index contributed by atoms with van der Waals surface area (Å²) in [6.07, 6.45) is 5.79. The van der Waals surface area contributed by atoms with Crippen molar-refractivity contribution in [2.24, 2.45) is 0 Å². The molecule has 0 spiro atoms. The lowest BCUT2D eigenvalue weighted by Gasteiger charge is -2.18. The summed E-state index contributed by atoms with van der Waals surface area (Å²) in [5.41, 5.74) is 2.71. The number of amides is 2. The highest BCUT2D eigenvalue weighted by Crippen LogP contribution is 2.30. The minimum absolute atomic E-state index is 0.0444. The van der Waals surface area contributed by atoms with Gasteiger partial charge in [-0.05, 0) is 49.4 Å². The molecule has 2 aromatic heterocycles. The molecular weight excluding hydrogens is 370 g/mol. The van der Waals surface area contributed by atoms with E-state index in [-0.39, 0.29) is 11.9 Å². The number of aromatic nitrogens is 3. The van der Waals surface area contributed by atoms with Crippen molar-refractivity contribution >= 4 is 34.6 Å². The average Bonchev–Trinajstić information content (AvgIpc) is 3.34. The molecule has 4 rings (SSSR count). The van der Waals surface area contributed by atoms with Crippen molar-refractivity contribution in [1.82, 2.24) is 19.4 Å². The molecule has 3 heterocycles. The molecular formula is C21H25N5OS. The Morgan fingerprint density at radius 1 is 1.32 bits per heavy atom. The number of rotatable bonds is 5. The quantitative estimate of drug-likeness (QED) is 0.642. The molecule has 1 aliphatic rings. The lowest BCUT2D eigenvalue weighted by atomic mass is 10.1. The van der Waals surface area contributed by atoms with Crippen LogP contribution in [0, 0.1) is 0 Å². The van der Waals surface area contributed by atoms with E-state index < -0.39 is 0 Å². The highest BCUT2D eigenvalue weighted by molar-refractivity contribution is 7.98. The second kappa shape index (κ2) is 8.22. The number of anilines is 1. The fourth-order valence-electron chi connectivity index (χ4n) is 3.79. The van der Waals surface area contributed by atoms with Crippen LogP contribution in [-0.4, -0.2) is 44.8 Å². The molecule has 28 heavy (non-hydrogen) atoms. The summed E-state index contributed by atoms with van der Waals surface area (Å²) in [5, 5.41) is 3.03. The van der Waals surface area contributed by atoms with Crippen LogP contribution >= 0.6 is 11.8 Å². The van der Waals surface area contributed by atoms with Crippen LogP contribution in [0.4, 0.5) is 10.5 Å². The van der Waals surface area contributed by atoms with E-state index in [1.54, 1.807) is 11.8 Å². The second-order valence-electron chi connectivity index (χ2n) is 7.06. The normalized spacial score (nSPS) is 16.6. The van der Waals surface area contributed by atoms with Gasteiger partial charge in [-0.3, -0.25) is 0 Å². The van der Waals surface area contributed by atoms with Gasteiger partial charge in [-0.15, -0.1) is 11.8 Å². The number of nitrogens with zero attached hydrogens (tertiary/aromatic N) is 4. The first-order valence-electron chi connectivity index (χ1n) is 9.70. The van der Waals surface area contributed by atoms with E-state index in [0.717, 1.165) is 53.5 Å². The van der Waals surface area contributed by atoms with Crippen LogP contribution in [0.3, 0.4) is 0 Å². The number of nitrogens with one attached hydrogen (secondary N) is 1. The first kappa shape index (κ1) is 18.8. The first-order valence-corrected chi connectivity index (χ1v) is 10.9. The molecule has 1 aromatic carbocycles. The summed E-state index contributed by atoms with van der Waals surface area (Å²) in [7, 11) is 0. The molecule has 146 valence electrons. The summed E-state index contributed by atoms with van der Waals surface area (Å²) >= 11 is 1.67. The molecule has 0 radical (unpaired) electrons. The van der Waals surface area contributed by atoms with Gasteiger partial charge in [-0.25, -0.2) is 14.8 Å².